The quantitative estimate of drug-likeness (QED) is 0.258. The summed E-state index contributed by atoms with van der Waals surface area (Å²) in [6.45, 7) is 14.2. The molecule has 1 saturated carbocycles. The van der Waals surface area contributed by atoms with E-state index >= 15 is 4.39 Å². The predicted molar refractivity (Wildman–Crippen MR) is 222 cm³/mol. The van der Waals surface area contributed by atoms with Gasteiger partial charge >= 0.3 is 0 Å². The number of amides is 4. The van der Waals surface area contributed by atoms with Crippen LogP contribution in [0.15, 0.2) is 54.6 Å². The number of fused-ring (bicyclic) bond motifs is 1. The molecule has 4 fully saturated rings. The zero-order chi connectivity index (χ0) is 41.8. The summed E-state index contributed by atoms with van der Waals surface area (Å²) in [4.78, 5) is 59.0. The molecular formula is C45H51ClFN7O5. The number of benzene rings is 3. The van der Waals surface area contributed by atoms with Crippen LogP contribution in [0.2, 0.25) is 5.02 Å². The van der Waals surface area contributed by atoms with Crippen molar-refractivity contribution in [2.45, 2.75) is 78.1 Å². The van der Waals surface area contributed by atoms with Crippen LogP contribution in [0, 0.1) is 33.9 Å². The molecule has 0 radical (unpaired) electrons. The summed E-state index contributed by atoms with van der Waals surface area (Å²) in [5.74, 6) is -0.602. The Hall–Kier alpha value is -5.19. The van der Waals surface area contributed by atoms with Crippen LogP contribution in [0.1, 0.15) is 85.2 Å². The van der Waals surface area contributed by atoms with E-state index in [1.165, 1.54) is 4.90 Å². The molecule has 310 valence electrons. The summed E-state index contributed by atoms with van der Waals surface area (Å²) in [7, 11) is 0. The third kappa shape index (κ3) is 7.61. The molecule has 0 spiro atoms. The fraction of sp³-hybridized carbons (Fsp3) is 0.489. The number of imide groups is 1. The molecule has 4 amide bonds. The maximum absolute atomic E-state index is 15.9. The van der Waals surface area contributed by atoms with Crippen molar-refractivity contribution in [2.75, 3.05) is 55.6 Å². The molecule has 1 atom stereocenters. The van der Waals surface area contributed by atoms with Gasteiger partial charge in [-0.3, -0.25) is 29.4 Å². The van der Waals surface area contributed by atoms with Gasteiger partial charge in [0.2, 0.25) is 11.8 Å². The smallest absolute Gasteiger partial charge is 0.255 e. The molecule has 3 saturated heterocycles. The minimum Gasteiger partial charge on any atom is -0.489 e. The van der Waals surface area contributed by atoms with Gasteiger partial charge < -0.3 is 24.8 Å². The number of hydrogen-bond donors (Lipinski definition) is 2. The molecule has 3 aromatic carbocycles. The first-order valence-electron chi connectivity index (χ1n) is 20.6. The molecule has 0 aromatic heterocycles. The number of nitrogens with one attached hydrogen (secondary N) is 2. The van der Waals surface area contributed by atoms with E-state index < -0.39 is 17.8 Å². The van der Waals surface area contributed by atoms with Crippen molar-refractivity contribution in [3.63, 3.8) is 0 Å². The highest BCUT2D eigenvalue weighted by Gasteiger charge is 2.64. The minimum atomic E-state index is -0.774. The van der Waals surface area contributed by atoms with E-state index in [-0.39, 0.29) is 65.6 Å². The minimum absolute atomic E-state index is 0.0206. The second-order valence-electron chi connectivity index (χ2n) is 17.9. The molecule has 14 heteroatoms. The van der Waals surface area contributed by atoms with E-state index in [2.05, 4.69) is 54.2 Å². The lowest BCUT2D eigenvalue weighted by atomic mass is 9.49. The van der Waals surface area contributed by atoms with E-state index in [9.17, 15) is 24.4 Å². The SMILES string of the molecule is CC1(C)[C@H](NC(=O)c2ccc(N3CCC(CN4CCN(c5ccc6c(c5F)CN(C5CCC(=O)NC5=O)C6=O)CC4)CC3)cc2)C(C)(C)[C@H]1Oc1ccc(C#N)c(Cl)c1. The van der Waals surface area contributed by atoms with Gasteiger partial charge in [0.05, 0.1) is 22.8 Å². The normalized spacial score (nSPS) is 24.3. The molecule has 5 aliphatic rings. The van der Waals surface area contributed by atoms with E-state index in [0.29, 0.717) is 52.2 Å². The zero-order valence-electron chi connectivity index (χ0n) is 34.0. The van der Waals surface area contributed by atoms with Crippen LogP contribution in [0.3, 0.4) is 0 Å². The Morgan fingerprint density at radius 2 is 1.63 bits per heavy atom. The van der Waals surface area contributed by atoms with Gasteiger partial charge in [-0.05, 0) is 73.7 Å². The number of halogens is 2. The van der Waals surface area contributed by atoms with Crippen LogP contribution in [-0.2, 0) is 16.1 Å². The van der Waals surface area contributed by atoms with E-state index in [0.717, 1.165) is 51.3 Å². The van der Waals surface area contributed by atoms with Crippen LogP contribution >= 0.6 is 11.6 Å². The van der Waals surface area contributed by atoms with Crippen molar-refractivity contribution in [3.8, 4) is 11.8 Å². The van der Waals surface area contributed by atoms with Gasteiger partial charge in [-0.15, -0.1) is 0 Å². The number of carbonyl (C=O) groups excluding carboxylic acids is 4. The highest BCUT2D eigenvalue weighted by atomic mass is 35.5. The van der Waals surface area contributed by atoms with Crippen LogP contribution in [0.25, 0.3) is 0 Å². The third-order valence-electron chi connectivity index (χ3n) is 13.4. The third-order valence-corrected chi connectivity index (χ3v) is 13.7. The molecule has 3 aromatic rings. The number of rotatable bonds is 9. The Bertz CT molecular complexity index is 2190. The summed E-state index contributed by atoms with van der Waals surface area (Å²) in [6.07, 6.45) is 2.33. The molecule has 0 bridgehead atoms. The fourth-order valence-corrected chi connectivity index (χ4v) is 10.6. The molecule has 59 heavy (non-hydrogen) atoms. The largest absolute Gasteiger partial charge is 0.489 e. The van der Waals surface area contributed by atoms with E-state index in [1.807, 2.05) is 29.2 Å². The van der Waals surface area contributed by atoms with Crippen LogP contribution < -0.4 is 25.2 Å². The van der Waals surface area contributed by atoms with Crippen molar-refractivity contribution in [1.29, 1.82) is 5.26 Å². The summed E-state index contributed by atoms with van der Waals surface area (Å²) in [6, 6.07) is 17.5. The highest BCUT2D eigenvalue weighted by molar-refractivity contribution is 6.31. The molecular weight excluding hydrogens is 773 g/mol. The lowest BCUT2D eigenvalue weighted by Gasteiger charge is -2.63. The van der Waals surface area contributed by atoms with Gasteiger partial charge in [0, 0.05) is 97.6 Å². The second-order valence-corrected chi connectivity index (χ2v) is 18.3. The standard InChI is InChI=1S/C45H51ClFN7O5/c1-44(2)42(45(3,4)43(44)59-31-10-7-29(24-48)34(46)23-31)50-39(56)28-5-8-30(9-6-28)52-17-15-27(16-18-52)25-51-19-21-53(22-20-51)35-12-11-32-33(38(35)47)26-54(41(32)58)36-13-14-37(55)49-40(36)57/h5-12,23,27,36,42-43H,13-22,25-26H2,1-4H3,(H,50,56)(H,49,55,57)/t36?,42-,43-. The lowest BCUT2D eigenvalue weighted by Crippen LogP contribution is -2.74. The van der Waals surface area contributed by atoms with Crippen LogP contribution in [-0.4, -0.2) is 97.4 Å². The molecule has 4 heterocycles. The Morgan fingerprint density at radius 1 is 0.932 bits per heavy atom. The number of carbonyl (C=O) groups is 4. The first kappa shape index (κ1) is 40.6. The molecule has 4 aliphatic heterocycles. The summed E-state index contributed by atoms with van der Waals surface area (Å²) in [5, 5.41) is 15.1. The lowest BCUT2D eigenvalue weighted by molar-refractivity contribution is -0.164. The first-order chi connectivity index (χ1) is 28.1. The van der Waals surface area contributed by atoms with Gasteiger partial charge in [0.25, 0.3) is 11.8 Å². The van der Waals surface area contributed by atoms with Gasteiger partial charge in [0.1, 0.15) is 24.0 Å². The molecule has 8 rings (SSSR count). The van der Waals surface area contributed by atoms with Gasteiger partial charge in [-0.1, -0.05) is 39.3 Å². The van der Waals surface area contributed by atoms with E-state index in [4.69, 9.17) is 16.3 Å². The number of nitriles is 1. The average Bonchev–Trinajstić information content (AvgIpc) is 3.55. The molecule has 1 aliphatic carbocycles. The number of hydrogen-bond acceptors (Lipinski definition) is 9. The van der Waals surface area contributed by atoms with E-state index in [1.54, 1.807) is 30.3 Å². The van der Waals surface area contributed by atoms with Gasteiger partial charge in [-0.2, -0.15) is 5.26 Å². The van der Waals surface area contributed by atoms with Gasteiger partial charge in [0.15, 0.2) is 5.82 Å². The maximum Gasteiger partial charge on any atom is 0.255 e. The van der Waals surface area contributed by atoms with Crippen molar-refractivity contribution in [3.05, 3.63) is 87.7 Å². The maximum atomic E-state index is 15.9. The number of piperazine rings is 1. The van der Waals surface area contributed by atoms with Crippen molar-refractivity contribution in [1.82, 2.24) is 20.4 Å². The Kier molecular flexibility index (Phi) is 10.8. The highest BCUT2D eigenvalue weighted by Crippen LogP contribution is 2.55. The number of ether oxygens (including phenoxy) is 1. The summed E-state index contributed by atoms with van der Waals surface area (Å²) < 4.78 is 22.3. The first-order valence-corrected chi connectivity index (χ1v) is 21.0. The van der Waals surface area contributed by atoms with Crippen LogP contribution in [0.5, 0.6) is 5.75 Å². The average molecular weight is 824 g/mol. The van der Waals surface area contributed by atoms with Crippen LogP contribution in [0.4, 0.5) is 15.8 Å². The topological polar surface area (TPSA) is 138 Å². The molecule has 1 unspecified atom stereocenters. The van der Waals surface area contributed by atoms with Crippen molar-refractivity contribution >= 4 is 46.6 Å². The predicted octanol–water partition coefficient (Wildman–Crippen LogP) is 5.76. The fourth-order valence-electron chi connectivity index (χ4n) is 10.4. The Labute approximate surface area is 349 Å². The van der Waals surface area contributed by atoms with Gasteiger partial charge in [-0.25, -0.2) is 4.39 Å². The number of anilines is 2. The summed E-state index contributed by atoms with van der Waals surface area (Å²) >= 11 is 6.25. The second kappa shape index (κ2) is 15.8. The molecule has 12 nitrogen and oxygen atoms in total. The summed E-state index contributed by atoms with van der Waals surface area (Å²) in [5.41, 5.74) is 2.49. The Morgan fingerprint density at radius 3 is 2.27 bits per heavy atom. The monoisotopic (exact) mass is 823 g/mol. The van der Waals surface area contributed by atoms with Crippen molar-refractivity contribution < 1.29 is 28.3 Å². The zero-order valence-corrected chi connectivity index (χ0v) is 34.8. The van der Waals surface area contributed by atoms with Crippen molar-refractivity contribution in [2.24, 2.45) is 16.7 Å². The molecule has 2 N–H and O–H groups in total. The number of nitrogens with zero attached hydrogens (tertiary/aromatic N) is 5. The number of piperidine rings is 2. The Balaban J connectivity index is 0.791.